The third-order valence-corrected chi connectivity index (χ3v) is 5.38. The van der Waals surface area contributed by atoms with Gasteiger partial charge in [0, 0.05) is 12.4 Å². The molecule has 2 rings (SSSR count). The van der Waals surface area contributed by atoms with Crippen molar-refractivity contribution < 1.29 is 27.8 Å². The smallest absolute Gasteiger partial charge is 0.241 e. The Bertz CT molecular complexity index is 893. The van der Waals surface area contributed by atoms with Crippen molar-refractivity contribution in [3.8, 4) is 11.5 Å². The van der Waals surface area contributed by atoms with Gasteiger partial charge in [-0.05, 0) is 43.7 Å². The van der Waals surface area contributed by atoms with Gasteiger partial charge in [-0.15, -0.1) is 0 Å². The predicted octanol–water partition coefficient (Wildman–Crippen LogP) is 1.56. The minimum atomic E-state index is -3.92. The van der Waals surface area contributed by atoms with E-state index in [0.717, 1.165) is 5.56 Å². The summed E-state index contributed by atoms with van der Waals surface area (Å²) in [5.74, 6) is -0.510. The fourth-order valence-corrected chi connectivity index (χ4v) is 3.77. The number of rotatable bonds is 9. The van der Waals surface area contributed by atoms with E-state index in [1.165, 1.54) is 19.2 Å². The Morgan fingerprint density at radius 1 is 1.15 bits per heavy atom. The molecule has 0 radical (unpaired) electrons. The molecule has 0 saturated carbocycles. The molecule has 2 aromatic carbocycles. The number of carboxylic acid groups (broad SMARTS) is 1. The molecule has 0 aliphatic heterocycles. The summed E-state index contributed by atoms with van der Waals surface area (Å²) in [7, 11) is -2.47. The van der Waals surface area contributed by atoms with Crippen LogP contribution in [0.4, 0.5) is 0 Å². The van der Waals surface area contributed by atoms with Gasteiger partial charge in [-0.2, -0.15) is 0 Å². The molecular weight excluding hydrogens is 370 g/mol. The van der Waals surface area contributed by atoms with E-state index < -0.39 is 28.5 Å². The largest absolute Gasteiger partial charge is 0.550 e. The van der Waals surface area contributed by atoms with E-state index in [-0.39, 0.29) is 4.90 Å². The van der Waals surface area contributed by atoms with Gasteiger partial charge in [-0.25, -0.2) is 13.1 Å². The molecule has 0 aromatic heterocycles. The van der Waals surface area contributed by atoms with Crippen LogP contribution in [0.25, 0.3) is 0 Å². The number of hydrogen-bond acceptors (Lipinski definition) is 6. The Morgan fingerprint density at radius 2 is 1.81 bits per heavy atom. The quantitative estimate of drug-likeness (QED) is 0.694. The van der Waals surface area contributed by atoms with Crippen molar-refractivity contribution in [2.45, 2.75) is 31.2 Å². The van der Waals surface area contributed by atoms with E-state index in [4.69, 9.17) is 9.47 Å². The maximum Gasteiger partial charge on any atom is 0.241 e. The summed E-state index contributed by atoms with van der Waals surface area (Å²) in [4.78, 5) is 11.2. The number of sulfonamides is 1. The number of aliphatic carboxylic acids is 1. The Labute approximate surface area is 159 Å². The molecule has 0 saturated heterocycles. The molecule has 0 aliphatic rings. The van der Waals surface area contributed by atoms with Gasteiger partial charge >= 0.3 is 0 Å². The maximum atomic E-state index is 12.7. The van der Waals surface area contributed by atoms with Crippen molar-refractivity contribution in [1.82, 2.24) is 4.72 Å². The number of carbonyl (C=O) groups is 1. The third kappa shape index (κ3) is 5.45. The molecule has 1 N–H and O–H groups in total. The van der Waals surface area contributed by atoms with E-state index >= 15 is 0 Å². The molecule has 2 aromatic rings. The van der Waals surface area contributed by atoms with Crippen molar-refractivity contribution in [1.29, 1.82) is 0 Å². The first-order valence-electron chi connectivity index (χ1n) is 8.36. The van der Waals surface area contributed by atoms with Crippen LogP contribution >= 0.6 is 0 Å². The monoisotopic (exact) mass is 392 g/mol. The van der Waals surface area contributed by atoms with Gasteiger partial charge < -0.3 is 19.4 Å². The van der Waals surface area contributed by atoms with E-state index in [2.05, 4.69) is 4.72 Å². The summed E-state index contributed by atoms with van der Waals surface area (Å²) < 4.78 is 38.4. The Kier molecular flexibility index (Phi) is 6.81. The molecule has 146 valence electrons. The Morgan fingerprint density at radius 3 is 2.37 bits per heavy atom. The summed E-state index contributed by atoms with van der Waals surface area (Å²) in [5, 5.41) is 11.2. The van der Waals surface area contributed by atoms with Gasteiger partial charge in [0.1, 0.15) is 0 Å². The second kappa shape index (κ2) is 8.88. The maximum absolute atomic E-state index is 12.7. The molecule has 27 heavy (non-hydrogen) atoms. The molecule has 8 heteroatoms. The first-order valence-corrected chi connectivity index (χ1v) is 9.84. The molecule has 0 fully saturated rings. The highest BCUT2D eigenvalue weighted by Crippen LogP contribution is 2.32. The topological polar surface area (TPSA) is 105 Å². The number of benzene rings is 2. The highest BCUT2D eigenvalue weighted by atomic mass is 32.2. The number of carbonyl (C=O) groups excluding carboxylic acids is 1. The van der Waals surface area contributed by atoms with Crippen LogP contribution in [0.2, 0.25) is 0 Å². The zero-order chi connectivity index (χ0) is 20.0. The van der Waals surface area contributed by atoms with Gasteiger partial charge in [0.05, 0.1) is 24.7 Å². The van der Waals surface area contributed by atoms with E-state index in [9.17, 15) is 18.3 Å². The molecule has 0 amide bonds. The highest BCUT2D eigenvalue weighted by molar-refractivity contribution is 7.89. The predicted molar refractivity (Wildman–Crippen MR) is 98.0 cm³/mol. The van der Waals surface area contributed by atoms with Gasteiger partial charge in [0.2, 0.25) is 10.0 Å². The fraction of sp³-hybridized carbons (Fsp3) is 0.316. The SMILES string of the molecule is CCOc1ccc([C@H](CC(=O)[O-])NS(=O)(=O)c2ccc(C)cc2)cc1OC. The number of hydrogen-bond donors (Lipinski definition) is 1. The molecule has 1 atom stereocenters. The molecule has 0 bridgehead atoms. The second-order valence-electron chi connectivity index (χ2n) is 5.91. The Hall–Kier alpha value is -2.58. The molecule has 0 spiro atoms. The van der Waals surface area contributed by atoms with Crippen molar-refractivity contribution in [3.63, 3.8) is 0 Å². The highest BCUT2D eigenvalue weighted by Gasteiger charge is 2.23. The number of nitrogens with one attached hydrogen (secondary N) is 1. The van der Waals surface area contributed by atoms with Crippen LogP contribution < -0.4 is 19.3 Å². The van der Waals surface area contributed by atoms with Crippen molar-refractivity contribution in [2.75, 3.05) is 13.7 Å². The zero-order valence-corrected chi connectivity index (χ0v) is 16.2. The summed E-state index contributed by atoms with van der Waals surface area (Å²) in [6, 6.07) is 10.0. The van der Waals surface area contributed by atoms with Gasteiger partial charge in [0.15, 0.2) is 11.5 Å². The normalized spacial score (nSPS) is 12.4. The zero-order valence-electron chi connectivity index (χ0n) is 15.4. The standard InChI is InChI=1S/C19H23NO6S/c1-4-26-17-10-7-14(11-18(17)25-3)16(12-19(21)22)20-27(23,24)15-8-5-13(2)6-9-15/h5-11,16,20H,4,12H2,1-3H3,(H,21,22)/p-1/t16-/m0/s1. The van der Waals surface area contributed by atoms with Gasteiger partial charge in [-0.1, -0.05) is 23.8 Å². The number of aryl methyl sites for hydroxylation is 1. The van der Waals surface area contributed by atoms with Crippen molar-refractivity contribution in [2.24, 2.45) is 0 Å². The number of carboxylic acids is 1. The molecular formula is C19H22NO6S-. The number of methoxy groups -OCH3 is 1. The van der Waals surface area contributed by atoms with Crippen molar-refractivity contribution >= 4 is 16.0 Å². The average molecular weight is 392 g/mol. The fourth-order valence-electron chi connectivity index (χ4n) is 2.54. The minimum Gasteiger partial charge on any atom is -0.550 e. The van der Waals surface area contributed by atoms with E-state index in [1.54, 1.807) is 30.3 Å². The second-order valence-corrected chi connectivity index (χ2v) is 7.62. The molecule has 0 heterocycles. The van der Waals surface area contributed by atoms with Crippen LogP contribution in [0.5, 0.6) is 11.5 Å². The average Bonchev–Trinajstić information content (AvgIpc) is 2.61. The lowest BCUT2D eigenvalue weighted by molar-refractivity contribution is -0.306. The number of ether oxygens (including phenoxy) is 2. The van der Waals surface area contributed by atoms with Crippen LogP contribution in [0, 0.1) is 6.92 Å². The molecule has 0 aliphatic carbocycles. The van der Waals surface area contributed by atoms with Crippen LogP contribution in [0.1, 0.15) is 30.5 Å². The van der Waals surface area contributed by atoms with Gasteiger partial charge in [0.25, 0.3) is 0 Å². The van der Waals surface area contributed by atoms with Crippen molar-refractivity contribution in [3.05, 3.63) is 53.6 Å². The lowest BCUT2D eigenvalue weighted by Gasteiger charge is -2.21. The van der Waals surface area contributed by atoms with E-state index in [1.807, 2.05) is 13.8 Å². The van der Waals surface area contributed by atoms with Crippen LogP contribution in [-0.4, -0.2) is 28.1 Å². The summed E-state index contributed by atoms with van der Waals surface area (Å²) in [5.41, 5.74) is 1.34. The lowest BCUT2D eigenvalue weighted by atomic mass is 10.0. The van der Waals surface area contributed by atoms with Crippen LogP contribution in [-0.2, 0) is 14.8 Å². The van der Waals surface area contributed by atoms with Crippen LogP contribution in [0.15, 0.2) is 47.4 Å². The molecule has 7 nitrogen and oxygen atoms in total. The first-order chi connectivity index (χ1) is 12.8. The van der Waals surface area contributed by atoms with Crippen LogP contribution in [0.3, 0.4) is 0 Å². The summed E-state index contributed by atoms with van der Waals surface area (Å²) in [6.45, 7) is 4.09. The summed E-state index contributed by atoms with van der Waals surface area (Å²) in [6.07, 6.45) is -0.526. The van der Waals surface area contributed by atoms with E-state index in [0.29, 0.717) is 23.7 Å². The molecule has 0 unspecified atom stereocenters. The Balaban J connectivity index is 2.37. The third-order valence-electron chi connectivity index (χ3n) is 3.89. The summed E-state index contributed by atoms with van der Waals surface area (Å²) >= 11 is 0. The first kappa shape index (κ1) is 20.7. The minimum absolute atomic E-state index is 0.0503. The lowest BCUT2D eigenvalue weighted by Crippen LogP contribution is -2.34. The van der Waals surface area contributed by atoms with Gasteiger partial charge in [-0.3, -0.25) is 0 Å².